The molecule has 35 heavy (non-hydrogen) atoms. The fraction of sp³-hybridized carbons (Fsp3) is 0.840. The molecule has 2 aliphatic carbocycles. The largest absolute Gasteiger partial charge is 0.450 e. The summed E-state index contributed by atoms with van der Waals surface area (Å²) < 4.78 is 10.7. The summed E-state index contributed by atoms with van der Waals surface area (Å²) in [6, 6.07) is -1.72. The van der Waals surface area contributed by atoms with Gasteiger partial charge in [-0.1, -0.05) is 57.8 Å². The van der Waals surface area contributed by atoms with Crippen molar-refractivity contribution in [3.05, 3.63) is 0 Å². The summed E-state index contributed by atoms with van der Waals surface area (Å²) in [7, 11) is 0. The van der Waals surface area contributed by atoms with Gasteiger partial charge in [-0.05, 0) is 37.5 Å². The topological polar surface area (TPSA) is 126 Å². The van der Waals surface area contributed by atoms with Gasteiger partial charge in [-0.2, -0.15) is 0 Å². The van der Waals surface area contributed by atoms with Gasteiger partial charge in [0.15, 0.2) is 0 Å². The van der Waals surface area contributed by atoms with Gasteiger partial charge < -0.3 is 25.4 Å². The third-order valence-corrected chi connectivity index (χ3v) is 7.95. The van der Waals surface area contributed by atoms with E-state index in [1.165, 1.54) is 56.3 Å². The fourth-order valence-corrected chi connectivity index (χ4v) is 5.75. The first kappa shape index (κ1) is 25.6. The van der Waals surface area contributed by atoms with Crippen LogP contribution in [0.15, 0.2) is 0 Å². The lowest BCUT2D eigenvalue weighted by molar-refractivity contribution is -0.144. The van der Waals surface area contributed by atoms with Crippen LogP contribution in [0.1, 0.15) is 83.5 Å². The molecule has 4 rings (SSSR count). The van der Waals surface area contributed by atoms with E-state index in [1.807, 2.05) is 0 Å². The van der Waals surface area contributed by atoms with Gasteiger partial charge in [0.05, 0.1) is 13.2 Å². The highest BCUT2D eigenvalue weighted by molar-refractivity contribution is 5.95. The Balaban J connectivity index is 1.21. The lowest BCUT2D eigenvalue weighted by atomic mass is 10.0. The van der Waals surface area contributed by atoms with Crippen molar-refractivity contribution >= 4 is 24.0 Å². The molecule has 3 atom stereocenters. The minimum atomic E-state index is -0.986. The van der Waals surface area contributed by atoms with Crippen molar-refractivity contribution < 1.29 is 28.7 Å². The number of nitrogens with zero attached hydrogens (tertiary/aromatic N) is 1. The Kier molecular flexibility index (Phi) is 9.09. The summed E-state index contributed by atoms with van der Waals surface area (Å²) >= 11 is 0. The van der Waals surface area contributed by atoms with Crippen molar-refractivity contribution in [1.29, 1.82) is 0 Å². The summed E-state index contributed by atoms with van der Waals surface area (Å²) in [5.41, 5.74) is 0. The summed E-state index contributed by atoms with van der Waals surface area (Å²) in [4.78, 5) is 50.6. The monoisotopic (exact) mass is 492 g/mol. The van der Waals surface area contributed by atoms with Gasteiger partial charge in [-0.25, -0.2) is 9.59 Å². The van der Waals surface area contributed by atoms with Crippen molar-refractivity contribution in [2.24, 2.45) is 11.8 Å². The second-order valence-electron chi connectivity index (χ2n) is 10.4. The molecule has 0 spiro atoms. The van der Waals surface area contributed by atoms with E-state index in [9.17, 15) is 19.2 Å². The Bertz CT molecular complexity index is 765. The highest BCUT2D eigenvalue weighted by Gasteiger charge is 2.52. The molecule has 2 saturated heterocycles. The van der Waals surface area contributed by atoms with Gasteiger partial charge in [0.1, 0.15) is 18.2 Å². The number of alkyl carbamates (subject to hydrolysis) is 1. The van der Waals surface area contributed by atoms with Gasteiger partial charge in [0, 0.05) is 6.54 Å². The zero-order valence-corrected chi connectivity index (χ0v) is 20.6. The van der Waals surface area contributed by atoms with Crippen LogP contribution in [0.4, 0.5) is 9.59 Å². The van der Waals surface area contributed by atoms with Crippen LogP contribution in [-0.2, 0) is 19.1 Å². The lowest BCUT2D eigenvalue weighted by Crippen LogP contribution is -2.79. The normalized spacial score (nSPS) is 26.3. The van der Waals surface area contributed by atoms with Crippen molar-refractivity contribution in [1.82, 2.24) is 20.9 Å². The summed E-state index contributed by atoms with van der Waals surface area (Å²) in [6.45, 7) is 0.831. The van der Waals surface area contributed by atoms with E-state index >= 15 is 0 Å². The molecule has 4 amide bonds. The fourth-order valence-electron chi connectivity index (χ4n) is 5.75. The molecule has 0 aromatic carbocycles. The average Bonchev–Trinajstić information content (AvgIpc) is 3.55. The molecule has 1 unspecified atom stereocenters. The second-order valence-corrected chi connectivity index (χ2v) is 10.4. The smallest absolute Gasteiger partial charge is 0.412 e. The van der Waals surface area contributed by atoms with Crippen LogP contribution in [0.2, 0.25) is 0 Å². The standard InChI is InChI=1S/C25H40N4O6/c30-22-19(16-26-22)29(25(33)35-14-6-5-12-17-8-1-2-9-17)21-20(23(31)28-21)27-24(32)34-15-7-13-18-10-3-4-11-18/h17-21H,1-16H2,(H,26,30)(H,27,32)(H,28,31)/t19-,20-,21?/m0/s1. The Morgan fingerprint density at radius 1 is 0.857 bits per heavy atom. The van der Waals surface area contributed by atoms with Crippen molar-refractivity contribution in [3.8, 4) is 0 Å². The maximum Gasteiger partial charge on any atom is 0.412 e. The van der Waals surface area contributed by atoms with Crippen molar-refractivity contribution in [3.63, 3.8) is 0 Å². The number of rotatable bonds is 12. The van der Waals surface area contributed by atoms with Gasteiger partial charge in [-0.15, -0.1) is 0 Å². The Hall–Kier alpha value is -2.52. The molecule has 10 heteroatoms. The first-order chi connectivity index (χ1) is 17.0. The third-order valence-electron chi connectivity index (χ3n) is 7.95. The Labute approximate surface area is 207 Å². The molecular formula is C25H40N4O6. The molecule has 10 nitrogen and oxygen atoms in total. The maximum atomic E-state index is 12.9. The zero-order chi connectivity index (χ0) is 24.6. The van der Waals surface area contributed by atoms with Crippen LogP contribution in [-0.4, -0.2) is 66.9 Å². The predicted molar refractivity (Wildman–Crippen MR) is 127 cm³/mol. The van der Waals surface area contributed by atoms with Crippen LogP contribution in [0, 0.1) is 11.8 Å². The van der Waals surface area contributed by atoms with Crippen molar-refractivity contribution in [2.45, 2.75) is 102 Å². The lowest BCUT2D eigenvalue weighted by Gasteiger charge is -2.47. The summed E-state index contributed by atoms with van der Waals surface area (Å²) in [5.74, 6) is 0.782. The van der Waals surface area contributed by atoms with Crippen LogP contribution >= 0.6 is 0 Å². The molecule has 0 aromatic rings. The van der Waals surface area contributed by atoms with E-state index in [1.54, 1.807) is 0 Å². The quantitative estimate of drug-likeness (QED) is 0.284. The molecule has 0 radical (unpaired) electrons. The number of carbonyl (C=O) groups is 4. The minimum absolute atomic E-state index is 0.262. The van der Waals surface area contributed by atoms with Crippen LogP contribution in [0.25, 0.3) is 0 Å². The maximum absolute atomic E-state index is 12.9. The van der Waals surface area contributed by atoms with Gasteiger partial charge in [0.2, 0.25) is 11.8 Å². The van der Waals surface area contributed by atoms with E-state index in [4.69, 9.17) is 9.47 Å². The number of hydrogen-bond donors (Lipinski definition) is 3. The van der Waals surface area contributed by atoms with E-state index in [-0.39, 0.29) is 19.1 Å². The minimum Gasteiger partial charge on any atom is -0.450 e. The average molecular weight is 493 g/mol. The third kappa shape index (κ3) is 6.79. The number of β-lactam (4-membered cyclic amide) rings is 2. The SMILES string of the molecule is O=C(N[C@@H]1C(=O)NC1N(C(=O)OCCCCC1CCCC1)[C@H]1CNC1=O)OCCCC1CCCC1. The van der Waals surface area contributed by atoms with Crippen molar-refractivity contribution in [2.75, 3.05) is 19.8 Å². The first-order valence-corrected chi connectivity index (χ1v) is 13.5. The highest BCUT2D eigenvalue weighted by atomic mass is 16.6. The molecule has 3 N–H and O–H groups in total. The number of nitrogens with one attached hydrogen (secondary N) is 3. The molecule has 2 aliphatic heterocycles. The number of unbranched alkanes of at least 4 members (excludes halogenated alkanes) is 1. The number of amides is 4. The molecule has 0 bridgehead atoms. The van der Waals surface area contributed by atoms with E-state index < -0.39 is 36.3 Å². The molecule has 4 fully saturated rings. The Morgan fingerprint density at radius 2 is 1.49 bits per heavy atom. The first-order valence-electron chi connectivity index (χ1n) is 13.5. The summed E-state index contributed by atoms with van der Waals surface area (Å²) in [6.07, 6.45) is 12.8. The molecular weight excluding hydrogens is 452 g/mol. The zero-order valence-electron chi connectivity index (χ0n) is 20.6. The van der Waals surface area contributed by atoms with Gasteiger partial charge >= 0.3 is 12.2 Å². The van der Waals surface area contributed by atoms with Gasteiger partial charge in [0.25, 0.3) is 0 Å². The van der Waals surface area contributed by atoms with Crippen LogP contribution in [0.5, 0.6) is 0 Å². The summed E-state index contributed by atoms with van der Waals surface area (Å²) in [5, 5.41) is 7.79. The van der Waals surface area contributed by atoms with E-state index in [2.05, 4.69) is 16.0 Å². The van der Waals surface area contributed by atoms with E-state index in [0.717, 1.165) is 43.9 Å². The van der Waals surface area contributed by atoms with Gasteiger partial charge in [-0.3, -0.25) is 14.5 Å². The van der Waals surface area contributed by atoms with Crippen LogP contribution in [0.3, 0.4) is 0 Å². The molecule has 196 valence electrons. The Morgan fingerprint density at radius 3 is 2.06 bits per heavy atom. The molecule has 2 saturated carbocycles. The predicted octanol–water partition coefficient (Wildman–Crippen LogP) is 2.80. The number of hydrogen-bond acceptors (Lipinski definition) is 6. The second kappa shape index (κ2) is 12.4. The van der Waals surface area contributed by atoms with E-state index in [0.29, 0.717) is 6.61 Å². The number of carbonyl (C=O) groups excluding carboxylic acids is 4. The number of ether oxygens (including phenoxy) is 2. The molecule has 4 aliphatic rings. The molecule has 0 aromatic heterocycles. The van der Waals surface area contributed by atoms with Crippen LogP contribution < -0.4 is 16.0 Å². The molecule has 2 heterocycles. The highest BCUT2D eigenvalue weighted by Crippen LogP contribution is 2.29.